The second kappa shape index (κ2) is 13.2. The molecule has 2 amide bonds. The lowest BCUT2D eigenvalue weighted by Crippen LogP contribution is -2.55. The normalized spacial score (nSPS) is 15.2. The van der Waals surface area contributed by atoms with Crippen molar-refractivity contribution in [2.75, 3.05) is 25.4 Å². The molecule has 0 spiro atoms. The van der Waals surface area contributed by atoms with Crippen molar-refractivity contribution >= 4 is 23.6 Å². The molecule has 1 atom stereocenters. The molecule has 5 rings (SSSR count). The fourth-order valence-electron chi connectivity index (χ4n) is 5.11. The number of piperazine rings is 1. The Morgan fingerprint density at radius 1 is 0.854 bits per heavy atom. The van der Waals surface area contributed by atoms with Gasteiger partial charge in [-0.15, -0.1) is 10.2 Å². The first-order valence-electron chi connectivity index (χ1n) is 14.3. The van der Waals surface area contributed by atoms with Crippen molar-refractivity contribution in [1.29, 1.82) is 0 Å². The lowest BCUT2D eigenvalue weighted by molar-refractivity contribution is -0.133. The van der Waals surface area contributed by atoms with Crippen molar-refractivity contribution in [2.24, 2.45) is 0 Å². The van der Waals surface area contributed by atoms with Crippen LogP contribution in [0.25, 0.3) is 17.1 Å². The Kier molecular flexibility index (Phi) is 9.19. The van der Waals surface area contributed by atoms with Crippen LogP contribution >= 0.6 is 11.8 Å². The third-order valence-corrected chi connectivity index (χ3v) is 8.53. The molecule has 2 heterocycles. The number of carbonyl (C=O) groups is 2. The first-order valence-corrected chi connectivity index (χ1v) is 15.3. The molecule has 1 aliphatic heterocycles. The number of benzene rings is 3. The zero-order valence-electron chi connectivity index (χ0n) is 24.0. The van der Waals surface area contributed by atoms with E-state index >= 15 is 0 Å². The molecule has 212 valence electrons. The molecule has 0 aliphatic carbocycles. The Balaban J connectivity index is 1.12. The van der Waals surface area contributed by atoms with Crippen LogP contribution in [0.1, 0.15) is 47.7 Å². The molecule has 1 unspecified atom stereocenters. The minimum Gasteiger partial charge on any atom is -0.339 e. The highest BCUT2D eigenvalue weighted by molar-refractivity contribution is 7.99. The maximum Gasteiger partial charge on any atom is 0.254 e. The summed E-state index contributed by atoms with van der Waals surface area (Å²) in [5, 5.41) is 9.90. The van der Waals surface area contributed by atoms with Gasteiger partial charge in [0.1, 0.15) is 0 Å². The molecule has 8 heteroatoms. The number of rotatable bonds is 9. The number of amides is 2. The van der Waals surface area contributed by atoms with Crippen LogP contribution in [0.5, 0.6) is 0 Å². The van der Waals surface area contributed by atoms with Crippen LogP contribution < -0.4 is 0 Å². The number of thioether (sulfide) groups is 1. The fourth-order valence-corrected chi connectivity index (χ4v) is 6.06. The summed E-state index contributed by atoms with van der Waals surface area (Å²) in [5.74, 6) is 1.87. The summed E-state index contributed by atoms with van der Waals surface area (Å²) in [6.45, 7) is 7.84. The monoisotopic (exact) mass is 567 g/mol. The maximum absolute atomic E-state index is 13.0. The summed E-state index contributed by atoms with van der Waals surface area (Å²) in [5.41, 5.74) is 5.09. The first-order chi connectivity index (χ1) is 19.9. The summed E-state index contributed by atoms with van der Waals surface area (Å²) in [4.78, 5) is 29.8. The second-order valence-corrected chi connectivity index (χ2v) is 11.8. The van der Waals surface area contributed by atoms with Gasteiger partial charge in [-0.3, -0.25) is 14.2 Å². The lowest BCUT2D eigenvalue weighted by atomic mass is 10.1. The number of hydrogen-bond donors (Lipinski definition) is 0. The van der Waals surface area contributed by atoms with Gasteiger partial charge in [0.05, 0.1) is 0 Å². The number of unbranched alkanes of at least 4 members (excludes halogenated alkanes) is 1. The molecule has 1 aliphatic rings. The van der Waals surface area contributed by atoms with Gasteiger partial charge in [0.15, 0.2) is 11.0 Å². The van der Waals surface area contributed by atoms with Crippen LogP contribution in [0.15, 0.2) is 84.0 Å². The summed E-state index contributed by atoms with van der Waals surface area (Å²) >= 11 is 1.67. The van der Waals surface area contributed by atoms with Crippen molar-refractivity contribution in [1.82, 2.24) is 24.6 Å². The zero-order valence-corrected chi connectivity index (χ0v) is 24.8. The van der Waals surface area contributed by atoms with Gasteiger partial charge >= 0.3 is 0 Å². The van der Waals surface area contributed by atoms with E-state index in [1.807, 2.05) is 78.2 Å². The molecule has 1 saturated heterocycles. The summed E-state index contributed by atoms with van der Waals surface area (Å²) in [6, 6.07) is 26.2. The maximum atomic E-state index is 13.0. The van der Waals surface area contributed by atoms with Gasteiger partial charge in [-0.25, -0.2) is 0 Å². The Bertz CT molecular complexity index is 1470. The van der Waals surface area contributed by atoms with Crippen LogP contribution in [0.2, 0.25) is 0 Å². The topological polar surface area (TPSA) is 71.3 Å². The summed E-state index contributed by atoms with van der Waals surface area (Å²) in [6.07, 6.45) is 2.23. The SMILES string of the molecule is Cc1ccc(C(=O)N2CCN(C(=O)CCCCSc3nnc(-c4ccccc4)n3-c3ccc(C)cc3)CC2C)cc1. The Morgan fingerprint density at radius 3 is 2.22 bits per heavy atom. The van der Waals surface area contributed by atoms with Crippen molar-refractivity contribution in [2.45, 2.75) is 51.2 Å². The third kappa shape index (κ3) is 6.88. The molecule has 41 heavy (non-hydrogen) atoms. The van der Waals surface area contributed by atoms with Crippen LogP contribution in [0.3, 0.4) is 0 Å². The van der Waals surface area contributed by atoms with E-state index in [-0.39, 0.29) is 17.9 Å². The first kappa shape index (κ1) is 28.6. The van der Waals surface area contributed by atoms with Gasteiger partial charge in [0.2, 0.25) is 5.91 Å². The van der Waals surface area contributed by atoms with Crippen molar-refractivity contribution in [3.8, 4) is 17.1 Å². The molecule has 0 N–H and O–H groups in total. The standard InChI is InChI=1S/C33H37N5O2S/c1-24-12-16-28(17-13-24)32(40)37-21-20-36(23-26(37)3)30(39)11-7-8-22-41-33-35-34-31(27-9-5-4-6-10-27)38(33)29-18-14-25(2)15-19-29/h4-6,9-10,12-19,26H,7-8,11,20-23H2,1-3H3. The number of carbonyl (C=O) groups excluding carboxylic acids is 2. The van der Waals surface area contributed by atoms with Gasteiger partial charge in [0.25, 0.3) is 5.91 Å². The zero-order chi connectivity index (χ0) is 28.8. The molecule has 3 aromatic carbocycles. The quantitative estimate of drug-likeness (QED) is 0.178. The minimum absolute atomic E-state index is 0.0102. The number of nitrogens with zero attached hydrogens (tertiary/aromatic N) is 5. The second-order valence-electron chi connectivity index (χ2n) is 10.7. The van der Waals surface area contributed by atoms with E-state index in [9.17, 15) is 9.59 Å². The number of aromatic nitrogens is 3. The Morgan fingerprint density at radius 2 is 1.54 bits per heavy atom. The summed E-state index contributed by atoms with van der Waals surface area (Å²) < 4.78 is 2.11. The summed E-state index contributed by atoms with van der Waals surface area (Å²) in [7, 11) is 0. The molecule has 4 aromatic rings. The molecule has 1 aromatic heterocycles. The average Bonchev–Trinajstić information content (AvgIpc) is 3.41. The van der Waals surface area contributed by atoms with Crippen molar-refractivity contribution in [3.63, 3.8) is 0 Å². The highest BCUT2D eigenvalue weighted by atomic mass is 32.2. The van der Waals surface area contributed by atoms with E-state index in [0.717, 1.165) is 46.4 Å². The van der Waals surface area contributed by atoms with Gasteiger partial charge < -0.3 is 9.80 Å². The van der Waals surface area contributed by atoms with E-state index in [1.54, 1.807) is 11.8 Å². The number of hydrogen-bond acceptors (Lipinski definition) is 5. The predicted molar refractivity (Wildman–Crippen MR) is 164 cm³/mol. The molecule has 0 saturated carbocycles. The van der Waals surface area contributed by atoms with E-state index in [0.29, 0.717) is 31.6 Å². The van der Waals surface area contributed by atoms with E-state index < -0.39 is 0 Å². The van der Waals surface area contributed by atoms with E-state index in [2.05, 4.69) is 46.0 Å². The molecule has 0 bridgehead atoms. The lowest BCUT2D eigenvalue weighted by Gasteiger charge is -2.40. The van der Waals surface area contributed by atoms with Crippen LogP contribution in [0, 0.1) is 13.8 Å². The van der Waals surface area contributed by atoms with E-state index in [4.69, 9.17) is 0 Å². The van der Waals surface area contributed by atoms with Crippen LogP contribution in [-0.4, -0.2) is 67.8 Å². The highest BCUT2D eigenvalue weighted by Gasteiger charge is 2.30. The third-order valence-electron chi connectivity index (χ3n) is 7.51. The largest absolute Gasteiger partial charge is 0.339 e. The minimum atomic E-state index is -0.0102. The molecule has 0 radical (unpaired) electrons. The average molecular weight is 568 g/mol. The van der Waals surface area contributed by atoms with Crippen LogP contribution in [0.4, 0.5) is 0 Å². The molecule has 7 nitrogen and oxygen atoms in total. The van der Waals surface area contributed by atoms with E-state index in [1.165, 1.54) is 5.56 Å². The molecular formula is C33H37N5O2S. The molecule has 1 fully saturated rings. The number of aryl methyl sites for hydroxylation is 2. The smallest absolute Gasteiger partial charge is 0.254 e. The van der Waals surface area contributed by atoms with Crippen molar-refractivity contribution in [3.05, 3.63) is 95.6 Å². The predicted octanol–water partition coefficient (Wildman–Crippen LogP) is 6.19. The van der Waals surface area contributed by atoms with Gasteiger partial charge in [-0.2, -0.15) is 0 Å². The fraction of sp³-hybridized carbons (Fsp3) is 0.333. The highest BCUT2D eigenvalue weighted by Crippen LogP contribution is 2.29. The van der Waals surface area contributed by atoms with Crippen molar-refractivity contribution < 1.29 is 9.59 Å². The Hall–Kier alpha value is -3.91. The van der Waals surface area contributed by atoms with Gasteiger partial charge in [0, 0.05) is 54.7 Å². The van der Waals surface area contributed by atoms with Gasteiger partial charge in [-0.1, -0.05) is 77.5 Å². The molecular weight excluding hydrogens is 530 g/mol. The van der Waals surface area contributed by atoms with Gasteiger partial charge in [-0.05, 0) is 57.9 Å². The van der Waals surface area contributed by atoms with Crippen LogP contribution in [-0.2, 0) is 4.79 Å². The Labute approximate surface area is 246 Å².